The molecule has 0 aliphatic heterocycles. The van der Waals surface area contributed by atoms with Gasteiger partial charge in [0.25, 0.3) is 5.91 Å². The fourth-order valence-corrected chi connectivity index (χ4v) is 2.21. The summed E-state index contributed by atoms with van der Waals surface area (Å²) >= 11 is 5.90. The van der Waals surface area contributed by atoms with Gasteiger partial charge in [-0.25, -0.2) is 5.43 Å². The average molecular weight is 365 g/mol. The van der Waals surface area contributed by atoms with Crippen molar-refractivity contribution in [1.82, 2.24) is 5.43 Å². The third kappa shape index (κ3) is 4.54. The Balaban J connectivity index is 2.14. The lowest BCUT2D eigenvalue weighted by Gasteiger charge is -2.07. The van der Waals surface area contributed by atoms with Crippen LogP contribution < -0.4 is 19.6 Å². The fourth-order valence-electron chi connectivity index (χ4n) is 1.99. The lowest BCUT2D eigenvalue weighted by Crippen LogP contribution is -2.17. The van der Waals surface area contributed by atoms with E-state index in [0.29, 0.717) is 22.6 Å². The summed E-state index contributed by atoms with van der Waals surface area (Å²) in [5, 5.41) is 13.7. The molecule has 2 aromatic rings. The predicted molar refractivity (Wildman–Crippen MR) is 94.3 cm³/mol. The first-order chi connectivity index (χ1) is 12.0. The summed E-state index contributed by atoms with van der Waals surface area (Å²) in [6.07, 6.45) is 1.38. The number of carbonyl (C=O) groups excluding carboxylic acids is 1. The van der Waals surface area contributed by atoms with Crippen LogP contribution in [0.3, 0.4) is 0 Å². The van der Waals surface area contributed by atoms with Crippen LogP contribution in [0.5, 0.6) is 23.0 Å². The first-order valence-electron chi connectivity index (χ1n) is 7.11. The monoisotopic (exact) mass is 364 g/mol. The minimum absolute atomic E-state index is 0.115. The van der Waals surface area contributed by atoms with Gasteiger partial charge in [-0.1, -0.05) is 11.6 Å². The third-order valence-corrected chi connectivity index (χ3v) is 3.55. The second-order valence-electron chi connectivity index (χ2n) is 4.85. The Kier molecular flexibility index (Phi) is 6.08. The third-order valence-electron chi connectivity index (χ3n) is 3.26. The van der Waals surface area contributed by atoms with Crippen molar-refractivity contribution in [2.24, 2.45) is 5.10 Å². The first-order valence-corrected chi connectivity index (χ1v) is 7.49. The number of methoxy groups -OCH3 is 3. The van der Waals surface area contributed by atoms with Gasteiger partial charge in [-0.15, -0.1) is 0 Å². The molecule has 1 amide bonds. The van der Waals surface area contributed by atoms with Crippen molar-refractivity contribution >= 4 is 23.7 Å². The van der Waals surface area contributed by atoms with Crippen molar-refractivity contribution in [3.63, 3.8) is 0 Å². The van der Waals surface area contributed by atoms with Crippen molar-refractivity contribution < 1.29 is 24.1 Å². The van der Waals surface area contributed by atoms with Crippen LogP contribution in [0.1, 0.15) is 15.9 Å². The van der Waals surface area contributed by atoms with Crippen LogP contribution in [0.4, 0.5) is 0 Å². The number of halogens is 1. The smallest absolute Gasteiger partial charge is 0.271 e. The SMILES string of the molecule is COc1cc(OC)cc(C(=O)NN=Cc2cc(Cl)c(O)c(OC)c2)c1. The Morgan fingerprint density at radius 3 is 2.28 bits per heavy atom. The molecule has 0 saturated heterocycles. The van der Waals surface area contributed by atoms with Gasteiger partial charge < -0.3 is 19.3 Å². The number of nitrogens with one attached hydrogen (secondary N) is 1. The molecule has 0 heterocycles. The molecule has 0 unspecified atom stereocenters. The van der Waals surface area contributed by atoms with Gasteiger partial charge in [-0.3, -0.25) is 4.79 Å². The van der Waals surface area contributed by atoms with Crippen molar-refractivity contribution in [3.8, 4) is 23.0 Å². The summed E-state index contributed by atoms with van der Waals surface area (Å²) in [7, 11) is 4.40. The summed E-state index contributed by atoms with van der Waals surface area (Å²) in [4.78, 5) is 12.2. The van der Waals surface area contributed by atoms with Crippen LogP contribution in [0.2, 0.25) is 5.02 Å². The fraction of sp³-hybridized carbons (Fsp3) is 0.176. The van der Waals surface area contributed by atoms with Gasteiger partial charge in [-0.05, 0) is 29.8 Å². The maximum atomic E-state index is 12.2. The van der Waals surface area contributed by atoms with Gasteiger partial charge >= 0.3 is 0 Å². The van der Waals surface area contributed by atoms with Crippen LogP contribution in [0.15, 0.2) is 35.4 Å². The van der Waals surface area contributed by atoms with E-state index in [4.69, 9.17) is 25.8 Å². The van der Waals surface area contributed by atoms with Crippen molar-refractivity contribution in [3.05, 3.63) is 46.5 Å². The Morgan fingerprint density at radius 1 is 1.08 bits per heavy atom. The normalized spacial score (nSPS) is 10.6. The second kappa shape index (κ2) is 8.25. The molecule has 8 heteroatoms. The zero-order valence-electron chi connectivity index (χ0n) is 13.9. The van der Waals surface area contributed by atoms with Crippen LogP contribution in [-0.4, -0.2) is 38.6 Å². The first kappa shape index (κ1) is 18.4. The zero-order chi connectivity index (χ0) is 18.4. The molecule has 0 bridgehead atoms. The largest absolute Gasteiger partial charge is 0.503 e. The van der Waals surface area contributed by atoms with E-state index < -0.39 is 5.91 Å². The molecule has 132 valence electrons. The highest BCUT2D eigenvalue weighted by Gasteiger charge is 2.10. The lowest BCUT2D eigenvalue weighted by molar-refractivity contribution is 0.0954. The van der Waals surface area contributed by atoms with E-state index in [2.05, 4.69) is 10.5 Å². The molecule has 0 fully saturated rings. The van der Waals surface area contributed by atoms with Crippen LogP contribution >= 0.6 is 11.6 Å². The van der Waals surface area contributed by atoms with E-state index in [1.807, 2.05) is 0 Å². The summed E-state index contributed by atoms with van der Waals surface area (Å²) < 4.78 is 15.2. The van der Waals surface area contributed by atoms with Gasteiger partial charge in [0.1, 0.15) is 11.5 Å². The van der Waals surface area contributed by atoms with Crippen LogP contribution in [0, 0.1) is 0 Å². The van der Waals surface area contributed by atoms with Crippen molar-refractivity contribution in [2.75, 3.05) is 21.3 Å². The standard InChI is InChI=1S/C17H17ClN2O5/c1-23-12-6-11(7-13(8-12)24-2)17(22)20-19-9-10-4-14(18)16(21)15(5-10)25-3/h4-9,21H,1-3H3,(H,20,22). The molecule has 2 N–H and O–H groups in total. The Bertz CT molecular complexity index is 786. The van der Waals surface area contributed by atoms with Gasteiger partial charge in [0.15, 0.2) is 11.5 Å². The highest BCUT2D eigenvalue weighted by Crippen LogP contribution is 2.34. The number of phenolic OH excluding ortho intramolecular Hbond substituents is 1. The average Bonchev–Trinajstić information content (AvgIpc) is 2.63. The number of aromatic hydroxyl groups is 1. The molecular weight excluding hydrogens is 348 g/mol. The minimum atomic E-state index is -0.440. The molecule has 0 saturated carbocycles. The summed E-state index contributed by atoms with van der Waals surface area (Å²) in [6, 6.07) is 7.81. The molecule has 2 aromatic carbocycles. The molecule has 25 heavy (non-hydrogen) atoms. The van der Waals surface area contributed by atoms with Crippen molar-refractivity contribution in [2.45, 2.75) is 0 Å². The lowest BCUT2D eigenvalue weighted by atomic mass is 10.2. The molecule has 0 aliphatic rings. The number of phenols is 1. The highest BCUT2D eigenvalue weighted by atomic mass is 35.5. The molecule has 0 spiro atoms. The maximum Gasteiger partial charge on any atom is 0.271 e. The highest BCUT2D eigenvalue weighted by molar-refractivity contribution is 6.32. The molecule has 0 aliphatic carbocycles. The van der Waals surface area contributed by atoms with Gasteiger partial charge in [-0.2, -0.15) is 5.10 Å². The molecular formula is C17H17ClN2O5. The predicted octanol–water partition coefficient (Wildman–Crippen LogP) is 2.84. The number of ether oxygens (including phenoxy) is 3. The number of amides is 1. The topological polar surface area (TPSA) is 89.4 Å². The minimum Gasteiger partial charge on any atom is -0.503 e. The van der Waals surface area contributed by atoms with E-state index in [1.165, 1.54) is 39.7 Å². The Morgan fingerprint density at radius 2 is 1.72 bits per heavy atom. The van der Waals surface area contributed by atoms with E-state index >= 15 is 0 Å². The van der Waals surface area contributed by atoms with E-state index in [0.717, 1.165) is 0 Å². The van der Waals surface area contributed by atoms with Gasteiger partial charge in [0.05, 0.1) is 32.6 Å². The van der Waals surface area contributed by atoms with Gasteiger partial charge in [0, 0.05) is 11.6 Å². The maximum absolute atomic E-state index is 12.2. The number of nitrogens with zero attached hydrogens (tertiary/aromatic N) is 1. The van der Waals surface area contributed by atoms with Crippen LogP contribution in [0.25, 0.3) is 0 Å². The zero-order valence-corrected chi connectivity index (χ0v) is 14.6. The number of hydrogen-bond acceptors (Lipinski definition) is 6. The summed E-state index contributed by atoms with van der Waals surface area (Å²) in [5.74, 6) is 0.587. The number of hydrogen-bond donors (Lipinski definition) is 2. The van der Waals surface area contributed by atoms with E-state index in [9.17, 15) is 9.90 Å². The molecule has 2 rings (SSSR count). The summed E-state index contributed by atoms with van der Waals surface area (Å²) in [6.45, 7) is 0. The molecule has 0 atom stereocenters. The van der Waals surface area contributed by atoms with Crippen LogP contribution in [-0.2, 0) is 0 Å². The quantitative estimate of drug-likeness (QED) is 0.607. The molecule has 0 radical (unpaired) electrons. The van der Waals surface area contributed by atoms with E-state index in [-0.39, 0.29) is 16.5 Å². The number of rotatable bonds is 6. The number of carbonyl (C=O) groups is 1. The second-order valence-corrected chi connectivity index (χ2v) is 5.26. The Labute approximate surface area is 149 Å². The van der Waals surface area contributed by atoms with Gasteiger partial charge in [0.2, 0.25) is 0 Å². The summed E-state index contributed by atoms with van der Waals surface area (Å²) in [5.41, 5.74) is 3.27. The Hall–Kier alpha value is -2.93. The number of hydrazone groups is 1. The number of benzene rings is 2. The van der Waals surface area contributed by atoms with Crippen molar-refractivity contribution in [1.29, 1.82) is 0 Å². The molecule has 7 nitrogen and oxygen atoms in total. The van der Waals surface area contributed by atoms with E-state index in [1.54, 1.807) is 18.2 Å². The molecule has 0 aromatic heterocycles.